The van der Waals surface area contributed by atoms with Gasteiger partial charge >= 0.3 is 11.9 Å². The first-order chi connectivity index (χ1) is 10.1. The Morgan fingerprint density at radius 2 is 1.90 bits per heavy atom. The van der Waals surface area contributed by atoms with Gasteiger partial charge in [-0.05, 0) is 12.0 Å². The second-order valence-electron chi connectivity index (χ2n) is 4.87. The molecule has 0 spiro atoms. The molecule has 1 aromatic rings. The highest BCUT2D eigenvalue weighted by molar-refractivity contribution is 6.01. The van der Waals surface area contributed by atoms with Crippen LogP contribution >= 0.6 is 0 Å². The maximum absolute atomic E-state index is 12.3. The predicted molar refractivity (Wildman–Crippen MR) is 78.2 cm³/mol. The van der Waals surface area contributed by atoms with Crippen LogP contribution in [0.3, 0.4) is 0 Å². The molecule has 0 aromatic heterocycles. The third-order valence-corrected chi connectivity index (χ3v) is 3.39. The Bertz CT molecular complexity index is 584. The number of hydrogen-bond acceptors (Lipinski definition) is 4. The van der Waals surface area contributed by atoms with Crippen LogP contribution in [0.15, 0.2) is 53.6 Å². The first kappa shape index (κ1) is 15.0. The summed E-state index contributed by atoms with van der Waals surface area (Å²) >= 11 is 0. The van der Waals surface area contributed by atoms with Crippen LogP contribution in [0.2, 0.25) is 0 Å². The van der Waals surface area contributed by atoms with Gasteiger partial charge in [0.2, 0.25) is 0 Å². The van der Waals surface area contributed by atoms with E-state index in [0.29, 0.717) is 17.6 Å². The Labute approximate surface area is 124 Å². The smallest absolute Gasteiger partial charge is 0.335 e. The molecule has 4 nitrogen and oxygen atoms in total. The molecule has 0 aliphatic heterocycles. The van der Waals surface area contributed by atoms with E-state index in [1.807, 2.05) is 49.4 Å². The van der Waals surface area contributed by atoms with Crippen LogP contribution in [-0.4, -0.2) is 19.0 Å². The lowest BCUT2D eigenvalue weighted by Crippen LogP contribution is -2.21. The molecule has 0 saturated carbocycles. The van der Waals surface area contributed by atoms with Crippen molar-refractivity contribution in [1.29, 1.82) is 0 Å². The lowest BCUT2D eigenvalue weighted by molar-refractivity contribution is -0.142. The predicted octanol–water partition coefficient (Wildman–Crippen LogP) is 2.80. The summed E-state index contributed by atoms with van der Waals surface area (Å²) in [5, 5.41) is 0. The number of ether oxygens (including phenoxy) is 2. The summed E-state index contributed by atoms with van der Waals surface area (Å²) in [4.78, 5) is 24.1. The standard InChI is InChI=1S/C17H18O4/c1-12-7-6-10-14(16(18)20-2)15(12)17(19)21-11-13-8-4-3-5-9-13/h3-9,12H,10-11H2,1-2H3/t12-/m0/s1. The number of benzene rings is 1. The van der Waals surface area contributed by atoms with Crippen LogP contribution in [0, 0.1) is 5.92 Å². The number of allylic oxidation sites excluding steroid dienone is 2. The van der Waals surface area contributed by atoms with Crippen molar-refractivity contribution < 1.29 is 19.1 Å². The van der Waals surface area contributed by atoms with Gasteiger partial charge in [0.1, 0.15) is 6.61 Å². The largest absolute Gasteiger partial charge is 0.466 e. The molecule has 2 rings (SSSR count). The van der Waals surface area contributed by atoms with E-state index in [4.69, 9.17) is 9.47 Å². The quantitative estimate of drug-likeness (QED) is 0.631. The van der Waals surface area contributed by atoms with Crippen molar-refractivity contribution in [2.45, 2.75) is 20.0 Å². The van der Waals surface area contributed by atoms with Crippen LogP contribution < -0.4 is 0 Å². The minimum Gasteiger partial charge on any atom is -0.466 e. The maximum atomic E-state index is 12.3. The van der Waals surface area contributed by atoms with Gasteiger partial charge in [-0.3, -0.25) is 0 Å². The Morgan fingerprint density at radius 1 is 1.19 bits per heavy atom. The average molecular weight is 286 g/mol. The zero-order valence-electron chi connectivity index (χ0n) is 12.2. The molecular weight excluding hydrogens is 268 g/mol. The van der Waals surface area contributed by atoms with E-state index in [-0.39, 0.29) is 12.5 Å². The second kappa shape index (κ2) is 6.88. The van der Waals surface area contributed by atoms with Crippen LogP contribution in [-0.2, 0) is 25.7 Å². The van der Waals surface area contributed by atoms with Crippen LogP contribution in [0.5, 0.6) is 0 Å². The van der Waals surface area contributed by atoms with E-state index in [2.05, 4.69) is 0 Å². The molecule has 0 radical (unpaired) electrons. The molecular formula is C17H18O4. The average Bonchev–Trinajstić information content (AvgIpc) is 2.52. The molecule has 0 N–H and O–H groups in total. The van der Waals surface area contributed by atoms with E-state index < -0.39 is 11.9 Å². The summed E-state index contributed by atoms with van der Waals surface area (Å²) < 4.78 is 10.1. The number of methoxy groups -OCH3 is 1. The van der Waals surface area contributed by atoms with Gasteiger partial charge < -0.3 is 9.47 Å². The summed E-state index contributed by atoms with van der Waals surface area (Å²) in [7, 11) is 1.31. The molecule has 1 aliphatic carbocycles. The normalized spacial score (nSPS) is 17.5. The van der Waals surface area contributed by atoms with Crippen molar-refractivity contribution in [2.75, 3.05) is 7.11 Å². The topological polar surface area (TPSA) is 52.6 Å². The molecule has 4 heteroatoms. The molecule has 0 heterocycles. The van der Waals surface area contributed by atoms with Crippen molar-refractivity contribution in [3.05, 3.63) is 59.2 Å². The molecule has 0 amide bonds. The fourth-order valence-corrected chi connectivity index (χ4v) is 2.30. The summed E-state index contributed by atoms with van der Waals surface area (Å²) in [6.07, 6.45) is 4.16. The molecule has 0 fully saturated rings. The molecule has 0 bridgehead atoms. The molecule has 1 atom stereocenters. The lowest BCUT2D eigenvalue weighted by Gasteiger charge is -2.19. The lowest BCUT2D eigenvalue weighted by atomic mass is 9.89. The monoisotopic (exact) mass is 286 g/mol. The fourth-order valence-electron chi connectivity index (χ4n) is 2.30. The Balaban J connectivity index is 2.14. The van der Waals surface area contributed by atoms with Gasteiger partial charge in [0.15, 0.2) is 0 Å². The van der Waals surface area contributed by atoms with Crippen LogP contribution in [0.4, 0.5) is 0 Å². The number of hydrogen-bond donors (Lipinski definition) is 0. The highest BCUT2D eigenvalue weighted by Crippen LogP contribution is 2.27. The number of rotatable bonds is 4. The van der Waals surface area contributed by atoms with Crippen molar-refractivity contribution in [2.24, 2.45) is 5.92 Å². The molecule has 0 saturated heterocycles. The van der Waals surface area contributed by atoms with Crippen LogP contribution in [0.1, 0.15) is 18.9 Å². The highest BCUT2D eigenvalue weighted by Gasteiger charge is 2.27. The zero-order chi connectivity index (χ0) is 15.2. The van der Waals surface area contributed by atoms with Gasteiger partial charge in [-0.15, -0.1) is 0 Å². The van der Waals surface area contributed by atoms with Gasteiger partial charge in [0.05, 0.1) is 18.3 Å². The minimum atomic E-state index is -0.474. The van der Waals surface area contributed by atoms with Crippen molar-refractivity contribution >= 4 is 11.9 Å². The molecule has 1 aliphatic rings. The Morgan fingerprint density at radius 3 is 2.57 bits per heavy atom. The zero-order valence-corrected chi connectivity index (χ0v) is 12.2. The highest BCUT2D eigenvalue weighted by atomic mass is 16.5. The summed E-state index contributed by atoms with van der Waals surface area (Å²) in [6.45, 7) is 2.05. The third kappa shape index (κ3) is 3.60. The van der Waals surface area contributed by atoms with E-state index in [1.54, 1.807) is 0 Å². The summed E-state index contributed by atoms with van der Waals surface area (Å²) in [6, 6.07) is 9.43. The molecule has 110 valence electrons. The first-order valence-corrected chi connectivity index (χ1v) is 6.82. The van der Waals surface area contributed by atoms with E-state index >= 15 is 0 Å². The van der Waals surface area contributed by atoms with Gasteiger partial charge in [-0.2, -0.15) is 0 Å². The maximum Gasteiger partial charge on any atom is 0.335 e. The van der Waals surface area contributed by atoms with E-state index in [1.165, 1.54) is 7.11 Å². The fraction of sp³-hybridized carbons (Fsp3) is 0.294. The van der Waals surface area contributed by atoms with E-state index in [0.717, 1.165) is 5.56 Å². The number of carbonyl (C=O) groups excluding carboxylic acids is 2. The Kier molecular flexibility index (Phi) is 4.93. The SMILES string of the molecule is COC(=O)C1=C(C(=O)OCc2ccccc2)[C@@H](C)C=CC1. The van der Waals surface area contributed by atoms with Crippen LogP contribution in [0.25, 0.3) is 0 Å². The second-order valence-corrected chi connectivity index (χ2v) is 4.87. The number of carbonyl (C=O) groups is 2. The molecule has 21 heavy (non-hydrogen) atoms. The van der Waals surface area contributed by atoms with Crippen molar-refractivity contribution in [3.63, 3.8) is 0 Å². The molecule has 0 unspecified atom stereocenters. The number of esters is 2. The summed E-state index contributed by atoms with van der Waals surface area (Å²) in [5.41, 5.74) is 1.68. The van der Waals surface area contributed by atoms with Crippen molar-refractivity contribution in [3.8, 4) is 0 Å². The van der Waals surface area contributed by atoms with Gasteiger partial charge in [-0.1, -0.05) is 49.4 Å². The minimum absolute atomic E-state index is 0.156. The third-order valence-electron chi connectivity index (χ3n) is 3.39. The summed E-state index contributed by atoms with van der Waals surface area (Å²) in [5.74, 6) is -1.09. The Hall–Kier alpha value is -2.36. The van der Waals surface area contributed by atoms with E-state index in [9.17, 15) is 9.59 Å². The van der Waals surface area contributed by atoms with Gasteiger partial charge in [-0.25, -0.2) is 9.59 Å². The van der Waals surface area contributed by atoms with Gasteiger partial charge in [0.25, 0.3) is 0 Å². The van der Waals surface area contributed by atoms with Gasteiger partial charge in [0, 0.05) is 5.92 Å². The molecule has 1 aromatic carbocycles. The van der Waals surface area contributed by atoms with Crippen molar-refractivity contribution in [1.82, 2.24) is 0 Å². The first-order valence-electron chi connectivity index (χ1n) is 6.82.